The van der Waals surface area contributed by atoms with E-state index in [2.05, 4.69) is 27.6 Å². The van der Waals surface area contributed by atoms with Gasteiger partial charge >= 0.3 is 0 Å². The molecule has 0 atom stereocenters. The van der Waals surface area contributed by atoms with E-state index in [0.29, 0.717) is 0 Å². The monoisotopic (exact) mass is 377 g/mol. The lowest BCUT2D eigenvalue weighted by Gasteiger charge is -2.18. The predicted octanol–water partition coefficient (Wildman–Crippen LogP) is 1.06. The van der Waals surface area contributed by atoms with Crippen molar-refractivity contribution in [3.63, 3.8) is 0 Å². The molecule has 0 fully saturated rings. The first-order chi connectivity index (χ1) is 13.0. The van der Waals surface area contributed by atoms with Gasteiger partial charge in [0, 0.05) is 66.6 Å². The summed E-state index contributed by atoms with van der Waals surface area (Å²) in [6.07, 6.45) is 1.86. The van der Waals surface area contributed by atoms with Crippen LogP contribution in [0.5, 0.6) is 0 Å². The van der Waals surface area contributed by atoms with Crippen molar-refractivity contribution in [3.05, 3.63) is 35.4 Å². The second-order valence-corrected chi connectivity index (χ2v) is 6.73. The topological polar surface area (TPSA) is 69.2 Å². The highest BCUT2D eigenvalue weighted by Crippen LogP contribution is 2.07. The summed E-state index contributed by atoms with van der Waals surface area (Å²) in [4.78, 5) is 20.2. The van der Waals surface area contributed by atoms with Crippen LogP contribution in [0.25, 0.3) is 0 Å². The van der Waals surface area contributed by atoms with Crippen molar-refractivity contribution in [3.8, 4) is 0 Å². The molecule has 0 aliphatic rings. The van der Waals surface area contributed by atoms with Gasteiger partial charge in [-0.05, 0) is 37.6 Å². The van der Waals surface area contributed by atoms with E-state index in [1.807, 2.05) is 24.3 Å². The molecule has 0 aromatic heterocycles. The molecule has 0 bridgehead atoms. The van der Waals surface area contributed by atoms with Crippen molar-refractivity contribution >= 4 is 11.9 Å². The first-order valence-electron chi connectivity index (χ1n) is 9.40. The van der Waals surface area contributed by atoms with Crippen molar-refractivity contribution in [2.45, 2.75) is 12.8 Å². The fourth-order valence-corrected chi connectivity index (χ4v) is 2.62. The average Bonchev–Trinajstić information content (AvgIpc) is 2.66. The molecule has 2 N–H and O–H groups in total. The van der Waals surface area contributed by atoms with E-state index in [9.17, 15) is 4.79 Å². The van der Waals surface area contributed by atoms with Crippen molar-refractivity contribution in [2.75, 3.05) is 68.1 Å². The van der Waals surface area contributed by atoms with E-state index in [0.717, 1.165) is 62.7 Å². The van der Waals surface area contributed by atoms with Gasteiger partial charge < -0.3 is 25.2 Å². The fraction of sp³-hybridized carbons (Fsp3) is 0.600. The van der Waals surface area contributed by atoms with E-state index < -0.39 is 0 Å². The lowest BCUT2D eigenvalue weighted by atomic mass is 10.1. The first-order valence-corrected chi connectivity index (χ1v) is 9.40. The number of nitrogens with zero attached hydrogens (tertiary/aromatic N) is 3. The normalized spacial score (nSPS) is 11.6. The Hall–Kier alpha value is -2.12. The Kier molecular flexibility index (Phi) is 11.1. The third kappa shape index (κ3) is 9.40. The molecule has 27 heavy (non-hydrogen) atoms. The van der Waals surface area contributed by atoms with Crippen LogP contribution in [-0.4, -0.2) is 89.8 Å². The van der Waals surface area contributed by atoms with Crippen LogP contribution in [0, 0.1) is 0 Å². The Bertz CT molecular complexity index is 589. The van der Waals surface area contributed by atoms with Crippen LogP contribution in [0.1, 0.15) is 22.3 Å². The maximum atomic E-state index is 12.1. The number of amides is 1. The zero-order chi connectivity index (χ0) is 20.1. The summed E-state index contributed by atoms with van der Waals surface area (Å²) in [5.74, 6) is 0.817. The van der Waals surface area contributed by atoms with Gasteiger partial charge in [-0.1, -0.05) is 12.1 Å². The number of carbonyl (C=O) groups is 1. The minimum absolute atomic E-state index is 0.0249. The Morgan fingerprint density at radius 3 is 2.56 bits per heavy atom. The molecule has 1 aromatic carbocycles. The molecule has 0 spiro atoms. The smallest absolute Gasteiger partial charge is 0.253 e. The third-order valence-corrected chi connectivity index (χ3v) is 4.18. The second-order valence-electron chi connectivity index (χ2n) is 6.73. The predicted molar refractivity (Wildman–Crippen MR) is 112 cm³/mol. The lowest BCUT2D eigenvalue weighted by molar-refractivity contribution is 0.0827. The van der Waals surface area contributed by atoms with Crippen LogP contribution >= 0.6 is 0 Å². The summed E-state index contributed by atoms with van der Waals surface area (Å²) in [6, 6.07) is 7.77. The summed E-state index contributed by atoms with van der Waals surface area (Å²) in [5.41, 5.74) is 1.85. The minimum atomic E-state index is 0.0249. The summed E-state index contributed by atoms with van der Waals surface area (Å²) >= 11 is 0. The van der Waals surface area contributed by atoms with Crippen molar-refractivity contribution < 1.29 is 9.53 Å². The van der Waals surface area contributed by atoms with Gasteiger partial charge in [0.25, 0.3) is 5.91 Å². The highest BCUT2D eigenvalue weighted by molar-refractivity contribution is 5.94. The van der Waals surface area contributed by atoms with E-state index in [4.69, 9.17) is 4.74 Å². The van der Waals surface area contributed by atoms with Crippen LogP contribution < -0.4 is 10.6 Å². The number of aliphatic imine (C=N–C) groups is 1. The minimum Gasteiger partial charge on any atom is -0.385 e. The summed E-state index contributed by atoms with van der Waals surface area (Å²) < 4.78 is 5.07. The Labute approximate surface area is 163 Å². The molecule has 1 aromatic rings. The van der Waals surface area contributed by atoms with Gasteiger partial charge in [-0.25, -0.2) is 0 Å². The van der Waals surface area contributed by atoms with Crippen molar-refractivity contribution in [2.24, 2.45) is 4.99 Å². The number of guanidine groups is 1. The van der Waals surface area contributed by atoms with Crippen LogP contribution in [0.2, 0.25) is 0 Å². The maximum Gasteiger partial charge on any atom is 0.253 e. The number of hydrogen-bond acceptors (Lipinski definition) is 4. The zero-order valence-electron chi connectivity index (χ0n) is 17.4. The number of methoxy groups -OCH3 is 1. The molecule has 1 rings (SSSR count). The van der Waals surface area contributed by atoms with Crippen LogP contribution in [0.3, 0.4) is 0 Å². The average molecular weight is 378 g/mol. The van der Waals surface area contributed by atoms with E-state index >= 15 is 0 Å². The largest absolute Gasteiger partial charge is 0.385 e. The molecule has 0 unspecified atom stereocenters. The fourth-order valence-electron chi connectivity index (χ4n) is 2.62. The Morgan fingerprint density at radius 2 is 1.89 bits per heavy atom. The quantitative estimate of drug-likeness (QED) is 0.343. The Balaban J connectivity index is 2.33. The summed E-state index contributed by atoms with van der Waals surface area (Å²) in [5, 5.41) is 6.65. The molecule has 7 nitrogen and oxygen atoms in total. The SMILES string of the molecule is CN=C(NCCc1cccc(C(=O)N(C)C)c1)NCCN(C)CCCOC. The molecular weight excluding hydrogens is 342 g/mol. The Morgan fingerprint density at radius 1 is 1.15 bits per heavy atom. The number of likely N-dealkylation sites (N-methyl/N-ethyl adjacent to an activating group) is 1. The number of carbonyl (C=O) groups excluding carboxylic acids is 1. The molecule has 0 aliphatic carbocycles. The summed E-state index contributed by atoms with van der Waals surface area (Å²) in [6.45, 7) is 4.34. The number of nitrogens with one attached hydrogen (secondary N) is 2. The molecule has 7 heteroatoms. The van der Waals surface area contributed by atoms with E-state index in [1.54, 1.807) is 33.2 Å². The molecule has 0 saturated heterocycles. The molecular formula is C20H35N5O2. The van der Waals surface area contributed by atoms with Gasteiger partial charge in [-0.15, -0.1) is 0 Å². The van der Waals surface area contributed by atoms with Gasteiger partial charge in [-0.3, -0.25) is 9.79 Å². The van der Waals surface area contributed by atoms with Crippen molar-refractivity contribution in [1.29, 1.82) is 0 Å². The number of benzene rings is 1. The zero-order valence-corrected chi connectivity index (χ0v) is 17.4. The van der Waals surface area contributed by atoms with Crippen LogP contribution in [-0.2, 0) is 11.2 Å². The van der Waals surface area contributed by atoms with Crippen molar-refractivity contribution in [1.82, 2.24) is 20.4 Å². The molecule has 152 valence electrons. The summed E-state index contributed by atoms with van der Waals surface area (Å²) in [7, 11) is 9.14. The highest BCUT2D eigenvalue weighted by atomic mass is 16.5. The molecule has 1 amide bonds. The van der Waals surface area contributed by atoms with E-state index in [-0.39, 0.29) is 5.91 Å². The molecule has 0 saturated carbocycles. The standard InChI is InChI=1S/C20H35N5O2/c1-21-20(23-12-14-25(4)13-7-15-27-5)22-11-10-17-8-6-9-18(16-17)19(26)24(2)3/h6,8-9,16H,7,10-15H2,1-5H3,(H2,21,22,23). The van der Waals surface area contributed by atoms with Gasteiger partial charge in [0.1, 0.15) is 0 Å². The van der Waals surface area contributed by atoms with Crippen LogP contribution in [0.4, 0.5) is 0 Å². The number of hydrogen-bond donors (Lipinski definition) is 2. The van der Waals surface area contributed by atoms with Gasteiger partial charge in [0.2, 0.25) is 0 Å². The van der Waals surface area contributed by atoms with Gasteiger partial charge in [0.15, 0.2) is 5.96 Å². The maximum absolute atomic E-state index is 12.1. The molecule has 0 heterocycles. The first kappa shape index (κ1) is 22.9. The second kappa shape index (κ2) is 13.1. The lowest BCUT2D eigenvalue weighted by Crippen LogP contribution is -2.41. The highest BCUT2D eigenvalue weighted by Gasteiger charge is 2.08. The third-order valence-electron chi connectivity index (χ3n) is 4.18. The van der Waals surface area contributed by atoms with E-state index in [1.165, 1.54) is 0 Å². The van der Waals surface area contributed by atoms with Gasteiger partial charge in [0.05, 0.1) is 0 Å². The number of ether oxygens (including phenoxy) is 1. The van der Waals surface area contributed by atoms with Gasteiger partial charge in [-0.2, -0.15) is 0 Å². The molecule has 0 aliphatic heterocycles. The number of rotatable bonds is 11. The van der Waals surface area contributed by atoms with Crippen LogP contribution in [0.15, 0.2) is 29.3 Å². The molecule has 0 radical (unpaired) electrons.